The molecule has 2 atom stereocenters. The minimum atomic E-state index is -3.51. The molecule has 0 saturated carbocycles. The van der Waals surface area contributed by atoms with Crippen molar-refractivity contribution in [3.8, 4) is 5.75 Å². The molecule has 7 nitrogen and oxygen atoms in total. The zero-order valence-electron chi connectivity index (χ0n) is 16.6. The van der Waals surface area contributed by atoms with Crippen molar-refractivity contribution >= 4 is 41.6 Å². The number of hydrogen-bond donors (Lipinski definition) is 1. The molecule has 1 rings (SSSR count). The molecule has 1 N–H and O–H groups in total. The normalized spacial score (nSPS) is 14.0. The lowest BCUT2D eigenvalue weighted by Crippen LogP contribution is -2.42. The number of nitrogens with one attached hydrogen (secondary N) is 1. The van der Waals surface area contributed by atoms with Crippen molar-refractivity contribution < 1.29 is 23.4 Å². The summed E-state index contributed by atoms with van der Waals surface area (Å²) in [4.78, 5) is 23.5. The molecule has 10 heteroatoms. The SMILES string of the molecule is C=CCOC(=O)C(Cc1ccc(OP(=O)(Cl)N(C)CCCCCl)cc1)NC(C)=O. The molecular formula is C19H27Cl2N2O5P. The molecular weight excluding hydrogens is 438 g/mol. The molecule has 0 aliphatic heterocycles. The third kappa shape index (κ3) is 9.68. The van der Waals surface area contributed by atoms with E-state index < -0.39 is 18.9 Å². The molecule has 1 amide bonds. The van der Waals surface area contributed by atoms with E-state index in [0.29, 0.717) is 18.2 Å². The van der Waals surface area contributed by atoms with Crippen LogP contribution in [0.1, 0.15) is 25.3 Å². The van der Waals surface area contributed by atoms with E-state index >= 15 is 0 Å². The van der Waals surface area contributed by atoms with Crippen molar-refractivity contribution in [1.29, 1.82) is 0 Å². The van der Waals surface area contributed by atoms with E-state index in [1.807, 2.05) is 0 Å². The molecule has 2 unspecified atom stereocenters. The molecule has 0 heterocycles. The van der Waals surface area contributed by atoms with Gasteiger partial charge in [0, 0.05) is 37.0 Å². The Morgan fingerprint density at radius 1 is 1.31 bits per heavy atom. The van der Waals surface area contributed by atoms with Crippen LogP contribution in [0, 0.1) is 0 Å². The zero-order valence-corrected chi connectivity index (χ0v) is 19.0. The molecule has 0 saturated heterocycles. The number of esters is 1. The standard InChI is InChI=1S/C19H27Cl2N2O5P/c1-4-13-27-19(25)18(22-15(2)24)14-16-7-9-17(10-8-16)28-29(21,26)23(3)12-6-5-11-20/h4,7-10,18H,1,5-6,11-14H2,2-3H3,(H,22,24). The Morgan fingerprint density at radius 3 is 2.52 bits per heavy atom. The maximum absolute atomic E-state index is 12.6. The summed E-state index contributed by atoms with van der Waals surface area (Å²) in [6, 6.07) is 5.80. The Morgan fingerprint density at radius 2 is 1.97 bits per heavy atom. The van der Waals surface area contributed by atoms with E-state index in [1.54, 1.807) is 31.3 Å². The first-order valence-corrected chi connectivity index (χ1v) is 12.1. The second-order valence-electron chi connectivity index (χ2n) is 6.34. The Bertz CT molecular complexity index is 730. The number of nitrogens with zero attached hydrogens (tertiary/aromatic N) is 1. The van der Waals surface area contributed by atoms with Gasteiger partial charge in [-0.25, -0.2) is 14.0 Å². The molecule has 1 aromatic carbocycles. The van der Waals surface area contributed by atoms with Crippen molar-refractivity contribution in [2.45, 2.75) is 32.2 Å². The fourth-order valence-corrected chi connectivity index (χ4v) is 3.91. The third-order valence-electron chi connectivity index (χ3n) is 3.86. The highest BCUT2D eigenvalue weighted by atomic mass is 35.7. The number of carbonyl (C=O) groups excluding carboxylic acids is 2. The van der Waals surface area contributed by atoms with Crippen LogP contribution in [0.3, 0.4) is 0 Å². The van der Waals surface area contributed by atoms with Gasteiger partial charge in [0.05, 0.1) is 0 Å². The van der Waals surface area contributed by atoms with Gasteiger partial charge < -0.3 is 14.6 Å². The molecule has 1 aromatic rings. The smallest absolute Gasteiger partial charge is 0.411 e. The number of amides is 1. The minimum Gasteiger partial charge on any atom is -0.460 e. The minimum absolute atomic E-state index is 0.0606. The molecule has 0 spiro atoms. The topological polar surface area (TPSA) is 84.9 Å². The lowest BCUT2D eigenvalue weighted by Gasteiger charge is -2.22. The van der Waals surface area contributed by atoms with Gasteiger partial charge in [-0.3, -0.25) is 4.79 Å². The van der Waals surface area contributed by atoms with Gasteiger partial charge in [-0.2, -0.15) is 0 Å². The number of rotatable bonds is 13. The van der Waals surface area contributed by atoms with Gasteiger partial charge in [0.2, 0.25) is 5.91 Å². The van der Waals surface area contributed by atoms with Gasteiger partial charge in [0.1, 0.15) is 18.4 Å². The molecule has 0 aromatic heterocycles. The molecule has 29 heavy (non-hydrogen) atoms. The van der Waals surface area contributed by atoms with E-state index in [1.165, 1.54) is 17.7 Å². The molecule has 0 bridgehead atoms. The third-order valence-corrected chi connectivity index (χ3v) is 6.56. The predicted molar refractivity (Wildman–Crippen MR) is 116 cm³/mol. The highest BCUT2D eigenvalue weighted by molar-refractivity contribution is 7.83. The van der Waals surface area contributed by atoms with E-state index in [0.717, 1.165) is 18.4 Å². The summed E-state index contributed by atoms with van der Waals surface area (Å²) in [6.45, 7) is 1.86. The van der Waals surface area contributed by atoms with Crippen molar-refractivity contribution in [1.82, 2.24) is 9.99 Å². The zero-order chi connectivity index (χ0) is 21.9. The Hall–Kier alpha value is -1.53. The lowest BCUT2D eigenvalue weighted by molar-refractivity contribution is -0.146. The largest absolute Gasteiger partial charge is 0.460 e. The van der Waals surface area contributed by atoms with Crippen molar-refractivity contribution in [3.05, 3.63) is 42.5 Å². The summed E-state index contributed by atoms with van der Waals surface area (Å²) < 4.78 is 24.5. The van der Waals surface area contributed by atoms with E-state index in [2.05, 4.69) is 11.9 Å². The van der Waals surface area contributed by atoms with Crippen LogP contribution in [0.2, 0.25) is 0 Å². The van der Waals surface area contributed by atoms with E-state index in [4.69, 9.17) is 32.1 Å². The van der Waals surface area contributed by atoms with Crippen LogP contribution in [-0.4, -0.2) is 48.7 Å². The second-order valence-corrected chi connectivity index (χ2v) is 9.77. The van der Waals surface area contributed by atoms with Crippen LogP contribution in [0.25, 0.3) is 0 Å². The van der Waals surface area contributed by atoms with E-state index in [9.17, 15) is 14.2 Å². The average Bonchev–Trinajstić information content (AvgIpc) is 2.66. The molecule has 0 aliphatic rings. The number of benzene rings is 1. The molecule has 162 valence electrons. The number of unbranched alkanes of at least 4 members (excludes halogenated alkanes) is 1. The quantitative estimate of drug-likeness (QED) is 0.155. The highest BCUT2D eigenvalue weighted by Crippen LogP contribution is 2.54. The first-order chi connectivity index (χ1) is 13.7. The van der Waals surface area contributed by atoms with Crippen LogP contribution < -0.4 is 9.84 Å². The fraction of sp³-hybridized carbons (Fsp3) is 0.474. The van der Waals surface area contributed by atoms with Crippen LogP contribution in [0.4, 0.5) is 0 Å². The van der Waals surface area contributed by atoms with Gasteiger partial charge in [-0.1, -0.05) is 24.8 Å². The summed E-state index contributed by atoms with van der Waals surface area (Å²) in [6.07, 6.45) is 3.23. The number of hydrogen-bond acceptors (Lipinski definition) is 5. The van der Waals surface area contributed by atoms with E-state index in [-0.39, 0.29) is 18.9 Å². The summed E-state index contributed by atoms with van der Waals surface area (Å²) >= 11 is 11.7. The maximum Gasteiger partial charge on any atom is 0.411 e. The summed E-state index contributed by atoms with van der Waals surface area (Å²) in [5.41, 5.74) is 0.756. The van der Waals surface area contributed by atoms with Crippen molar-refractivity contribution in [3.63, 3.8) is 0 Å². The van der Waals surface area contributed by atoms with Crippen molar-refractivity contribution in [2.24, 2.45) is 0 Å². The Balaban J connectivity index is 2.75. The van der Waals surface area contributed by atoms with Crippen LogP contribution in [-0.2, 0) is 25.3 Å². The first kappa shape index (κ1) is 25.5. The Labute approximate surface area is 181 Å². The van der Waals surface area contributed by atoms with Gasteiger partial charge in [-0.15, -0.1) is 11.6 Å². The van der Waals surface area contributed by atoms with Gasteiger partial charge in [0.25, 0.3) is 0 Å². The number of carbonyl (C=O) groups is 2. The summed E-state index contributed by atoms with van der Waals surface area (Å²) in [5, 5.41) is 2.57. The van der Waals surface area contributed by atoms with Gasteiger partial charge in [0.15, 0.2) is 0 Å². The van der Waals surface area contributed by atoms with Gasteiger partial charge in [-0.05, 0) is 37.6 Å². The van der Waals surface area contributed by atoms with Gasteiger partial charge >= 0.3 is 12.8 Å². The number of halogens is 2. The van der Waals surface area contributed by atoms with Crippen LogP contribution >= 0.6 is 29.7 Å². The van der Waals surface area contributed by atoms with Crippen LogP contribution in [0.5, 0.6) is 5.75 Å². The molecule has 0 aliphatic carbocycles. The fourth-order valence-electron chi connectivity index (χ4n) is 2.36. The maximum atomic E-state index is 12.6. The lowest BCUT2D eigenvalue weighted by atomic mass is 10.1. The average molecular weight is 465 g/mol. The monoisotopic (exact) mass is 464 g/mol. The van der Waals surface area contributed by atoms with Crippen LogP contribution in [0.15, 0.2) is 36.9 Å². The highest BCUT2D eigenvalue weighted by Gasteiger charge is 2.27. The number of ether oxygens (including phenoxy) is 1. The molecule has 0 radical (unpaired) electrons. The van der Waals surface area contributed by atoms with Crippen molar-refractivity contribution in [2.75, 3.05) is 26.1 Å². The Kier molecular flexibility index (Phi) is 11.4. The summed E-state index contributed by atoms with van der Waals surface area (Å²) in [7, 11) is 1.63. The number of alkyl halides is 1. The summed E-state index contributed by atoms with van der Waals surface area (Å²) in [5.74, 6) is -0.0276. The predicted octanol–water partition coefficient (Wildman–Crippen LogP) is 4.14. The second kappa shape index (κ2) is 12.9. The first-order valence-electron chi connectivity index (χ1n) is 9.10. The molecule has 0 fully saturated rings.